The van der Waals surface area contributed by atoms with Crippen LogP contribution in [-0.2, 0) is 4.74 Å². The van der Waals surface area contributed by atoms with E-state index in [0.717, 1.165) is 24.2 Å². The molecule has 0 spiro atoms. The highest BCUT2D eigenvalue weighted by molar-refractivity contribution is 5.90. The van der Waals surface area contributed by atoms with Gasteiger partial charge in [-0.25, -0.2) is 4.79 Å². The van der Waals surface area contributed by atoms with Crippen LogP contribution in [-0.4, -0.2) is 18.7 Å². The van der Waals surface area contributed by atoms with Crippen molar-refractivity contribution in [3.05, 3.63) is 47.1 Å². The second-order valence-electron chi connectivity index (χ2n) is 5.76. The number of rotatable bonds is 2. The third kappa shape index (κ3) is 2.60. The van der Waals surface area contributed by atoms with Crippen LogP contribution in [0.25, 0.3) is 6.08 Å². The molecule has 2 aliphatic rings. The third-order valence-electron chi connectivity index (χ3n) is 4.26. The predicted octanol–water partition coefficient (Wildman–Crippen LogP) is 4.14. The van der Waals surface area contributed by atoms with Crippen LogP contribution in [0.3, 0.4) is 0 Å². The zero-order valence-electron chi connectivity index (χ0n) is 12.5. The van der Waals surface area contributed by atoms with Crippen LogP contribution >= 0.6 is 0 Å². The van der Waals surface area contributed by atoms with E-state index in [-0.39, 0.29) is 11.6 Å². The summed E-state index contributed by atoms with van der Waals surface area (Å²) in [6.45, 7) is 2.11. The van der Waals surface area contributed by atoms with Gasteiger partial charge in [-0.15, -0.1) is 0 Å². The molecule has 0 aromatic heterocycles. The number of esters is 1. The molecule has 0 radical (unpaired) electrons. The Balaban J connectivity index is 1.90. The van der Waals surface area contributed by atoms with Crippen LogP contribution in [0.5, 0.6) is 5.75 Å². The van der Waals surface area contributed by atoms with Crippen molar-refractivity contribution in [1.29, 1.82) is 0 Å². The molecule has 0 fully saturated rings. The van der Waals surface area contributed by atoms with Crippen molar-refractivity contribution in [1.82, 2.24) is 0 Å². The summed E-state index contributed by atoms with van der Waals surface area (Å²) in [7, 11) is 1.39. The molecule has 1 atom stereocenters. The number of carbonyl (C=O) groups is 1. The average molecular weight is 284 g/mol. The van der Waals surface area contributed by atoms with Gasteiger partial charge >= 0.3 is 5.97 Å². The summed E-state index contributed by atoms with van der Waals surface area (Å²) in [4.78, 5) is 11.6. The van der Waals surface area contributed by atoms with E-state index in [1.165, 1.54) is 25.5 Å². The maximum Gasteiger partial charge on any atom is 0.337 e. The van der Waals surface area contributed by atoms with Crippen LogP contribution < -0.4 is 4.74 Å². The summed E-state index contributed by atoms with van der Waals surface area (Å²) in [6, 6.07) is 5.42. The van der Waals surface area contributed by atoms with Gasteiger partial charge in [0.2, 0.25) is 0 Å². The van der Waals surface area contributed by atoms with Gasteiger partial charge in [-0.2, -0.15) is 0 Å². The summed E-state index contributed by atoms with van der Waals surface area (Å²) < 4.78 is 11.0. The van der Waals surface area contributed by atoms with E-state index in [9.17, 15) is 4.79 Å². The van der Waals surface area contributed by atoms with Crippen LogP contribution in [0.1, 0.15) is 48.5 Å². The van der Waals surface area contributed by atoms with Gasteiger partial charge in [-0.3, -0.25) is 0 Å². The largest absolute Gasteiger partial charge is 0.478 e. The number of hydrogen-bond acceptors (Lipinski definition) is 3. The van der Waals surface area contributed by atoms with Crippen molar-refractivity contribution in [2.75, 3.05) is 7.11 Å². The second-order valence-corrected chi connectivity index (χ2v) is 5.76. The maximum atomic E-state index is 11.6. The highest BCUT2D eigenvalue weighted by Crippen LogP contribution is 2.38. The van der Waals surface area contributed by atoms with E-state index in [1.807, 2.05) is 18.2 Å². The van der Waals surface area contributed by atoms with Gasteiger partial charge < -0.3 is 9.47 Å². The monoisotopic (exact) mass is 284 g/mol. The third-order valence-corrected chi connectivity index (χ3v) is 4.26. The fourth-order valence-electron chi connectivity index (χ4n) is 2.99. The molecule has 3 rings (SSSR count). The molecule has 0 unspecified atom stereocenters. The van der Waals surface area contributed by atoms with E-state index >= 15 is 0 Å². The minimum absolute atomic E-state index is 0.325. The molecule has 1 aromatic carbocycles. The second kappa shape index (κ2) is 5.40. The first-order valence-electron chi connectivity index (χ1n) is 7.42. The van der Waals surface area contributed by atoms with Crippen molar-refractivity contribution < 1.29 is 14.3 Å². The molecule has 3 nitrogen and oxygen atoms in total. The molecule has 0 saturated heterocycles. The van der Waals surface area contributed by atoms with Crippen LogP contribution in [0, 0.1) is 0 Å². The molecule has 1 heterocycles. The molecular formula is C18H20O3. The Hall–Kier alpha value is -2.03. The lowest BCUT2D eigenvalue weighted by Crippen LogP contribution is -2.35. The Bertz CT molecular complexity index is 627. The molecule has 21 heavy (non-hydrogen) atoms. The molecule has 0 N–H and O–H groups in total. The molecular weight excluding hydrogens is 264 g/mol. The van der Waals surface area contributed by atoms with Gasteiger partial charge in [0.05, 0.1) is 12.7 Å². The highest BCUT2D eigenvalue weighted by Gasteiger charge is 2.32. The lowest BCUT2D eigenvalue weighted by Gasteiger charge is -2.35. The lowest BCUT2D eigenvalue weighted by molar-refractivity contribution is 0.0600. The van der Waals surface area contributed by atoms with Crippen molar-refractivity contribution in [3.63, 3.8) is 0 Å². The fourth-order valence-corrected chi connectivity index (χ4v) is 2.99. The van der Waals surface area contributed by atoms with Crippen LogP contribution in [0.15, 0.2) is 35.9 Å². The minimum Gasteiger partial charge on any atom is -0.478 e. The van der Waals surface area contributed by atoms with Gasteiger partial charge in [0.15, 0.2) is 0 Å². The topological polar surface area (TPSA) is 35.5 Å². The Morgan fingerprint density at radius 2 is 2.19 bits per heavy atom. The van der Waals surface area contributed by atoms with Crippen molar-refractivity contribution >= 4 is 12.0 Å². The summed E-state index contributed by atoms with van der Waals surface area (Å²) in [5, 5.41) is 0. The quantitative estimate of drug-likeness (QED) is 0.605. The summed E-state index contributed by atoms with van der Waals surface area (Å²) >= 11 is 0. The maximum absolute atomic E-state index is 11.6. The summed E-state index contributed by atoms with van der Waals surface area (Å²) in [6.07, 6.45) is 11.2. The molecule has 1 aromatic rings. The van der Waals surface area contributed by atoms with Crippen molar-refractivity contribution in [2.45, 2.75) is 38.2 Å². The SMILES string of the molecule is COC(=O)c1ccc2c(c1)C=C[C@](C)(C1=CCCCC1)O2. The predicted molar refractivity (Wildman–Crippen MR) is 82.4 cm³/mol. The highest BCUT2D eigenvalue weighted by atomic mass is 16.5. The molecule has 110 valence electrons. The fraction of sp³-hybridized carbons (Fsp3) is 0.389. The van der Waals surface area contributed by atoms with E-state index in [0.29, 0.717) is 5.56 Å². The van der Waals surface area contributed by atoms with Crippen LogP contribution in [0.4, 0.5) is 0 Å². The molecule has 0 saturated carbocycles. The molecule has 3 heteroatoms. The number of carbonyl (C=O) groups excluding carboxylic acids is 1. The molecule has 0 amide bonds. The zero-order chi connectivity index (χ0) is 14.9. The van der Waals surface area contributed by atoms with Gasteiger partial charge in [0.1, 0.15) is 11.4 Å². The molecule has 0 bridgehead atoms. The van der Waals surface area contributed by atoms with E-state index in [2.05, 4.69) is 19.1 Å². The van der Waals surface area contributed by atoms with E-state index < -0.39 is 0 Å². The van der Waals surface area contributed by atoms with Crippen molar-refractivity contribution in [3.8, 4) is 5.75 Å². The zero-order valence-corrected chi connectivity index (χ0v) is 12.5. The Labute approximate surface area is 125 Å². The van der Waals surface area contributed by atoms with E-state index in [4.69, 9.17) is 9.47 Å². The average Bonchev–Trinajstić information content (AvgIpc) is 2.54. The minimum atomic E-state index is -0.361. The lowest BCUT2D eigenvalue weighted by atomic mass is 9.84. The Morgan fingerprint density at radius 1 is 1.33 bits per heavy atom. The van der Waals surface area contributed by atoms with Gasteiger partial charge in [0.25, 0.3) is 0 Å². The van der Waals surface area contributed by atoms with E-state index in [1.54, 1.807) is 6.07 Å². The number of benzene rings is 1. The first kappa shape index (κ1) is 13.9. The Kier molecular flexibility index (Phi) is 3.58. The molecule has 1 aliphatic carbocycles. The number of allylic oxidation sites excluding steroid dienone is 1. The number of fused-ring (bicyclic) bond motifs is 1. The van der Waals surface area contributed by atoms with Gasteiger partial charge in [-0.1, -0.05) is 12.2 Å². The summed E-state index contributed by atoms with van der Waals surface area (Å²) in [5.41, 5.74) is 2.46. The van der Waals surface area contributed by atoms with Gasteiger partial charge in [0, 0.05) is 5.56 Å². The summed E-state index contributed by atoms with van der Waals surface area (Å²) in [5.74, 6) is 0.494. The number of hydrogen-bond donors (Lipinski definition) is 0. The number of methoxy groups -OCH3 is 1. The van der Waals surface area contributed by atoms with Crippen molar-refractivity contribution in [2.24, 2.45) is 0 Å². The standard InChI is InChI=1S/C18H20O3/c1-18(15-6-4-3-5-7-15)11-10-13-12-14(17(19)20-2)8-9-16(13)21-18/h6,8-12H,3-5,7H2,1-2H3/t18-/m1/s1. The first-order chi connectivity index (χ1) is 10.1. The smallest absolute Gasteiger partial charge is 0.337 e. The Morgan fingerprint density at radius 3 is 2.90 bits per heavy atom. The molecule has 1 aliphatic heterocycles. The van der Waals surface area contributed by atoms with Crippen LogP contribution in [0.2, 0.25) is 0 Å². The first-order valence-corrected chi connectivity index (χ1v) is 7.42. The van der Waals surface area contributed by atoms with Gasteiger partial charge in [-0.05, 0) is 62.5 Å². The number of ether oxygens (including phenoxy) is 2. The normalized spacial score (nSPS) is 23.8.